The van der Waals surface area contributed by atoms with Gasteiger partial charge < -0.3 is 18.9 Å². The van der Waals surface area contributed by atoms with Gasteiger partial charge >= 0.3 is 11.9 Å². The van der Waals surface area contributed by atoms with Crippen molar-refractivity contribution in [3.05, 3.63) is 143 Å². The zero-order valence-corrected chi connectivity index (χ0v) is 26.3. The monoisotopic (exact) mass is 610 g/mol. The lowest BCUT2D eigenvalue weighted by molar-refractivity contribution is 0.0724. The van der Waals surface area contributed by atoms with Crippen LogP contribution in [0.4, 0.5) is 0 Å². The van der Waals surface area contributed by atoms with E-state index < -0.39 is 11.9 Å². The topological polar surface area (TPSA) is 71.1 Å². The molecule has 0 bridgehead atoms. The van der Waals surface area contributed by atoms with Crippen LogP contribution in [0.5, 0.6) is 23.0 Å². The second-order valence-corrected chi connectivity index (χ2v) is 11.3. The Kier molecular flexibility index (Phi) is 8.70. The molecular formula is C40H34O6. The van der Waals surface area contributed by atoms with Crippen LogP contribution in [-0.2, 0) is 0 Å². The molecule has 6 rings (SSSR count). The van der Waals surface area contributed by atoms with Crippen molar-refractivity contribution in [1.29, 1.82) is 0 Å². The molecule has 0 aliphatic rings. The van der Waals surface area contributed by atoms with Gasteiger partial charge in [0, 0.05) is 0 Å². The third-order valence-corrected chi connectivity index (χ3v) is 8.23. The fourth-order valence-corrected chi connectivity index (χ4v) is 5.19. The van der Waals surface area contributed by atoms with Gasteiger partial charge in [0.2, 0.25) is 0 Å². The highest BCUT2D eigenvalue weighted by molar-refractivity contribution is 5.97. The van der Waals surface area contributed by atoms with Crippen LogP contribution in [-0.4, -0.2) is 25.2 Å². The van der Waals surface area contributed by atoms with E-state index in [1.807, 2.05) is 113 Å². The van der Waals surface area contributed by atoms with Gasteiger partial charge in [-0.1, -0.05) is 48.5 Å². The van der Waals surface area contributed by atoms with Crippen LogP contribution in [0.1, 0.15) is 43.0 Å². The molecule has 0 saturated heterocycles. The van der Waals surface area contributed by atoms with Gasteiger partial charge in [0.1, 0.15) is 36.2 Å². The van der Waals surface area contributed by atoms with Crippen molar-refractivity contribution in [2.75, 3.05) is 13.2 Å². The Morgan fingerprint density at radius 1 is 0.478 bits per heavy atom. The summed E-state index contributed by atoms with van der Waals surface area (Å²) >= 11 is 0. The largest absolute Gasteiger partial charge is 0.490 e. The number of carbonyl (C=O) groups is 2. The molecule has 46 heavy (non-hydrogen) atoms. The van der Waals surface area contributed by atoms with Crippen molar-refractivity contribution < 1.29 is 28.5 Å². The highest BCUT2D eigenvalue weighted by Crippen LogP contribution is 2.27. The second-order valence-electron chi connectivity index (χ2n) is 11.3. The SMILES string of the molecule is Cc1cccc(OC(=O)c2ccc3cc(OCCOc4ccc5cc(C(=O)Oc6cccc(C)c6C)ccc5c4)ccc3c2)c1C. The number of carbonyl (C=O) groups excluding carboxylic acids is 2. The Morgan fingerprint density at radius 2 is 0.870 bits per heavy atom. The predicted octanol–water partition coefficient (Wildman–Crippen LogP) is 9.12. The van der Waals surface area contributed by atoms with E-state index in [1.165, 1.54) is 0 Å². The number of fused-ring (bicyclic) bond motifs is 2. The van der Waals surface area contributed by atoms with Crippen molar-refractivity contribution >= 4 is 33.5 Å². The van der Waals surface area contributed by atoms with Crippen LogP contribution < -0.4 is 18.9 Å². The molecule has 6 aromatic rings. The van der Waals surface area contributed by atoms with Crippen molar-refractivity contribution in [2.24, 2.45) is 0 Å². The molecule has 0 radical (unpaired) electrons. The first-order valence-electron chi connectivity index (χ1n) is 15.2. The van der Waals surface area contributed by atoms with Gasteiger partial charge in [0.25, 0.3) is 0 Å². The minimum Gasteiger partial charge on any atom is -0.490 e. The number of benzene rings is 6. The van der Waals surface area contributed by atoms with E-state index in [0.29, 0.717) is 47.3 Å². The summed E-state index contributed by atoms with van der Waals surface area (Å²) in [6.07, 6.45) is 0. The minimum absolute atomic E-state index is 0.354. The molecule has 0 fully saturated rings. The fraction of sp³-hybridized carbons (Fsp3) is 0.150. The van der Waals surface area contributed by atoms with Crippen LogP contribution in [0, 0.1) is 27.7 Å². The minimum atomic E-state index is -0.391. The number of hydrogen-bond donors (Lipinski definition) is 0. The molecular weight excluding hydrogens is 576 g/mol. The normalized spacial score (nSPS) is 11.0. The summed E-state index contributed by atoms with van der Waals surface area (Å²) in [5, 5.41) is 3.73. The highest BCUT2D eigenvalue weighted by Gasteiger charge is 2.14. The first kappa shape index (κ1) is 30.4. The average molecular weight is 611 g/mol. The summed E-state index contributed by atoms with van der Waals surface area (Å²) in [4.78, 5) is 25.6. The molecule has 0 spiro atoms. The first-order valence-corrected chi connectivity index (χ1v) is 15.2. The number of ether oxygens (including phenoxy) is 4. The van der Waals surface area contributed by atoms with Crippen molar-refractivity contribution in [1.82, 2.24) is 0 Å². The van der Waals surface area contributed by atoms with E-state index in [1.54, 1.807) is 24.3 Å². The van der Waals surface area contributed by atoms with Gasteiger partial charge in [-0.3, -0.25) is 0 Å². The number of hydrogen-bond acceptors (Lipinski definition) is 6. The average Bonchev–Trinajstić information content (AvgIpc) is 3.06. The molecule has 6 aromatic carbocycles. The van der Waals surface area contributed by atoms with Crippen LogP contribution in [0.15, 0.2) is 109 Å². The van der Waals surface area contributed by atoms with Crippen LogP contribution in [0.25, 0.3) is 21.5 Å². The third kappa shape index (κ3) is 6.71. The number of esters is 2. The maximum absolute atomic E-state index is 12.8. The van der Waals surface area contributed by atoms with Gasteiger partial charge in [-0.2, -0.15) is 0 Å². The Morgan fingerprint density at radius 3 is 1.30 bits per heavy atom. The zero-order chi connectivity index (χ0) is 32.2. The number of rotatable bonds is 9. The van der Waals surface area contributed by atoms with Gasteiger partial charge in [0.05, 0.1) is 11.1 Å². The molecule has 0 N–H and O–H groups in total. The van der Waals surface area contributed by atoms with Gasteiger partial charge in [-0.15, -0.1) is 0 Å². The summed E-state index contributed by atoms with van der Waals surface area (Å²) in [6.45, 7) is 8.57. The summed E-state index contributed by atoms with van der Waals surface area (Å²) in [6, 6.07) is 33.8. The molecule has 0 heterocycles. The maximum atomic E-state index is 12.8. The van der Waals surface area contributed by atoms with E-state index in [9.17, 15) is 9.59 Å². The summed E-state index contributed by atoms with van der Waals surface area (Å²) < 4.78 is 23.2. The lowest BCUT2D eigenvalue weighted by atomic mass is 10.1. The van der Waals surface area contributed by atoms with Crippen LogP contribution in [0.3, 0.4) is 0 Å². The standard InChI is InChI=1S/C40H34O6/c1-25-7-5-9-37(27(25)3)45-39(41)33-13-11-31-23-35(17-15-29(31)21-33)43-19-20-44-36-18-16-30-22-34(14-12-32(30)24-36)40(42)46-38-10-6-8-26(2)28(38)4/h5-18,21-24H,19-20H2,1-4H3. The van der Waals surface area contributed by atoms with Gasteiger partial charge in [0.15, 0.2) is 0 Å². The van der Waals surface area contributed by atoms with E-state index >= 15 is 0 Å². The molecule has 0 amide bonds. The van der Waals surface area contributed by atoms with E-state index in [-0.39, 0.29) is 0 Å². The molecule has 0 aromatic heterocycles. The molecule has 0 atom stereocenters. The molecule has 0 aliphatic heterocycles. The number of aryl methyl sites for hydroxylation is 2. The molecule has 6 nitrogen and oxygen atoms in total. The van der Waals surface area contributed by atoms with Crippen molar-refractivity contribution in [3.8, 4) is 23.0 Å². The molecule has 0 unspecified atom stereocenters. The Hall–Kier alpha value is -5.62. The Balaban J connectivity index is 1.03. The second kappa shape index (κ2) is 13.2. The lowest BCUT2D eigenvalue weighted by Gasteiger charge is -2.11. The Labute approximate surface area is 268 Å². The molecule has 230 valence electrons. The zero-order valence-electron chi connectivity index (χ0n) is 26.3. The highest BCUT2D eigenvalue weighted by atomic mass is 16.5. The summed E-state index contributed by atoms with van der Waals surface area (Å²) in [5.41, 5.74) is 5.01. The van der Waals surface area contributed by atoms with Crippen molar-refractivity contribution in [2.45, 2.75) is 27.7 Å². The van der Waals surface area contributed by atoms with Gasteiger partial charge in [-0.25, -0.2) is 9.59 Å². The van der Waals surface area contributed by atoms with Crippen molar-refractivity contribution in [3.63, 3.8) is 0 Å². The van der Waals surface area contributed by atoms with Gasteiger partial charge in [-0.05, 0) is 132 Å². The quantitative estimate of drug-likeness (QED) is 0.0924. The molecule has 6 heteroatoms. The fourth-order valence-electron chi connectivity index (χ4n) is 5.19. The van der Waals surface area contributed by atoms with E-state index in [0.717, 1.165) is 43.8 Å². The first-order chi connectivity index (χ1) is 22.2. The Bertz CT molecular complexity index is 1940. The van der Waals surface area contributed by atoms with Crippen LogP contribution in [0.2, 0.25) is 0 Å². The molecule has 0 saturated carbocycles. The van der Waals surface area contributed by atoms with E-state index in [4.69, 9.17) is 18.9 Å². The molecule has 0 aliphatic carbocycles. The third-order valence-electron chi connectivity index (χ3n) is 8.23. The lowest BCUT2D eigenvalue weighted by Crippen LogP contribution is -2.10. The van der Waals surface area contributed by atoms with Crippen LogP contribution >= 0.6 is 0 Å². The summed E-state index contributed by atoms with van der Waals surface area (Å²) in [7, 11) is 0. The predicted molar refractivity (Wildman–Crippen MR) is 181 cm³/mol. The van der Waals surface area contributed by atoms with E-state index in [2.05, 4.69) is 0 Å². The smallest absolute Gasteiger partial charge is 0.343 e. The maximum Gasteiger partial charge on any atom is 0.343 e. The summed E-state index contributed by atoms with van der Waals surface area (Å²) in [5.74, 6) is 1.78.